The molecule has 0 saturated carbocycles. The number of rotatable bonds is 64. The minimum Gasteiger partial charge on any atom is -0.504 e. The van der Waals surface area contributed by atoms with Crippen molar-refractivity contribution in [3.63, 3.8) is 0 Å². The first kappa shape index (κ1) is 90.2. The van der Waals surface area contributed by atoms with Crippen LogP contribution in [0.5, 0.6) is 57.5 Å². The number of benzene rings is 4. The molecule has 0 atom stereocenters. The van der Waals surface area contributed by atoms with Gasteiger partial charge in [-0.05, 0) is 87.8 Å². The van der Waals surface area contributed by atoms with Crippen LogP contribution in [0.4, 0.5) is 23.3 Å². The summed E-state index contributed by atoms with van der Waals surface area (Å²) in [6, 6.07) is 12.3. The molecule has 114 heavy (non-hydrogen) atoms. The largest absolute Gasteiger partial charge is 0.504 e. The van der Waals surface area contributed by atoms with E-state index in [1.165, 1.54) is 128 Å². The highest BCUT2D eigenvalue weighted by molar-refractivity contribution is 6.04. The first-order valence-corrected chi connectivity index (χ1v) is 46.3. The minimum atomic E-state index is -0.227. The smallest absolute Gasteiger partial charge is 0.208 e. The number of hydrogen-bond acceptors (Lipinski definition) is 14. The predicted octanol–water partition coefficient (Wildman–Crippen LogP) is 27.1. The summed E-state index contributed by atoms with van der Waals surface area (Å²) in [6.45, 7) is 21.7. The van der Waals surface area contributed by atoms with Crippen molar-refractivity contribution in [3.8, 4) is 57.5 Å². The monoisotopic (exact) mass is 1570 g/mol. The number of unbranched alkanes of at least 4 members (excludes halogenated alkanes) is 40. The van der Waals surface area contributed by atoms with Gasteiger partial charge in [0.1, 0.15) is 45.2 Å². The fourth-order valence-corrected chi connectivity index (χ4v) is 15.6. The van der Waals surface area contributed by atoms with E-state index >= 15 is 0 Å². The van der Waals surface area contributed by atoms with Gasteiger partial charge in [0, 0.05) is 32.3 Å². The Morgan fingerprint density at radius 1 is 0.211 bits per heavy atom. The molecule has 0 fully saturated rings. The molecule has 9 rings (SSSR count). The summed E-state index contributed by atoms with van der Waals surface area (Å²) in [5.41, 5.74) is 1.48. The third kappa shape index (κ3) is 27.7. The highest BCUT2D eigenvalue weighted by Gasteiger charge is 2.29. The summed E-state index contributed by atoms with van der Waals surface area (Å²) in [5.74, 6) is 5.22. The summed E-state index contributed by atoms with van der Waals surface area (Å²) in [4.78, 5) is 37.4. The van der Waals surface area contributed by atoms with Crippen molar-refractivity contribution in [2.45, 2.75) is 364 Å². The lowest BCUT2D eigenvalue weighted by molar-refractivity contribution is 0.242. The molecule has 0 saturated heterocycles. The number of H-pyrrole nitrogens is 4. The lowest BCUT2D eigenvalue weighted by atomic mass is 10.1. The Morgan fingerprint density at radius 2 is 0.386 bits per heavy atom. The topological polar surface area (TPSA) is 227 Å². The Hall–Kier alpha value is -7.76. The SMILES string of the molecule is CCCCCCCCOc1cc2c3[nH]c(c2cc1OCCCCCCCC)N=c1[nH]c(c2c(O)c(OCCCCCCCC)c(OCCCCCCCC)c(O)c12)=Nc1[nH]c(c2cc(OCCCCCCCC)c(OCCCCCCCC)cc12)N=c1[nH]c(c2cc(OCCCCCCCC)c(OCCCCCCCC)cc12)=N3. The summed E-state index contributed by atoms with van der Waals surface area (Å²) < 4.78 is 54.8. The summed E-state index contributed by atoms with van der Waals surface area (Å²) in [7, 11) is 0. The average Bonchev–Trinajstić information content (AvgIpc) is 1.57. The molecule has 0 amide bonds. The van der Waals surface area contributed by atoms with E-state index in [-0.39, 0.29) is 44.7 Å². The van der Waals surface area contributed by atoms with Crippen molar-refractivity contribution >= 4 is 66.4 Å². The Labute approximate surface area is 683 Å². The number of hydrogen-bond donors (Lipinski definition) is 6. The van der Waals surface area contributed by atoms with Crippen LogP contribution in [-0.2, 0) is 0 Å². The number of nitrogens with one attached hydrogen (secondary N) is 4. The lowest BCUT2D eigenvalue weighted by Crippen LogP contribution is -2.10. The molecule has 4 aromatic heterocycles. The first-order valence-electron chi connectivity index (χ1n) is 46.3. The van der Waals surface area contributed by atoms with Crippen molar-refractivity contribution in [1.82, 2.24) is 19.9 Å². The van der Waals surface area contributed by atoms with Crippen molar-refractivity contribution in [2.75, 3.05) is 52.9 Å². The number of nitrogens with zero attached hydrogens (tertiary/aromatic N) is 4. The number of aromatic hydroxyl groups is 2. The Balaban J connectivity index is 1.35. The standard InChI is InChI=1S/C96H148N8O10/c1-9-17-25-33-41-49-57-107-77-65-71-72(66-78(77)108-58-50-42-34-26-18-10-2)90-97-89(71)98-91-73-67-79(109-59-51-43-35-27-19-11-3)81(111-61-53-45-37-29-21-13-5)69-75(73)93(100-91)102-95-83-84(86(106)88(114-64-56-48-40-32-24-16-8)87(85(83)105)113-63-55-47-39-31-23-15-7)96(104-95)103-94-76-70-82(112-62-54-46-38-30-22-14-6)80(68-74(76)92(99-90)101-94)110-60-52-44-36-28-20-12-4/h65-70,105-106H,9-64H2,1-8H3,(H4,97,98,99,100,101,102,103,104). The van der Waals surface area contributed by atoms with Crippen LogP contribution >= 0.6 is 0 Å². The second-order valence-electron chi connectivity index (χ2n) is 32.3. The maximum atomic E-state index is 13.3. The lowest BCUT2D eigenvalue weighted by Gasteiger charge is -2.17. The number of fused-ring (bicyclic) bond motifs is 20. The van der Waals surface area contributed by atoms with Crippen LogP contribution in [0.15, 0.2) is 56.4 Å². The number of phenolic OH excluding ortho intramolecular Hbond substituents is 2. The third-order valence-electron chi connectivity index (χ3n) is 22.5. The van der Waals surface area contributed by atoms with Crippen molar-refractivity contribution in [2.24, 2.45) is 20.0 Å². The molecule has 632 valence electrons. The van der Waals surface area contributed by atoms with Gasteiger partial charge >= 0.3 is 0 Å². The van der Waals surface area contributed by atoms with Crippen LogP contribution in [0, 0.1) is 0 Å². The number of phenols is 2. The van der Waals surface area contributed by atoms with Crippen LogP contribution in [-0.4, -0.2) is 83.0 Å². The fraction of sp³-hybridized carbons (Fsp3) is 0.667. The number of aromatic nitrogens is 4. The molecule has 8 aromatic rings. The second kappa shape index (κ2) is 52.0. The molecule has 18 nitrogen and oxygen atoms in total. The molecule has 0 spiro atoms. The Bertz CT molecular complexity index is 4070. The normalized spacial score (nSPS) is 12.1. The average molecular weight is 1570 g/mol. The Kier molecular flexibility index (Phi) is 41.2. The van der Waals surface area contributed by atoms with Gasteiger partial charge in [0.05, 0.1) is 63.6 Å². The molecule has 5 heterocycles. The van der Waals surface area contributed by atoms with Gasteiger partial charge in [0.25, 0.3) is 0 Å². The number of aromatic amines is 4. The molecular formula is C96H148N8O10. The maximum absolute atomic E-state index is 13.3. The van der Waals surface area contributed by atoms with Gasteiger partial charge < -0.3 is 68.0 Å². The van der Waals surface area contributed by atoms with Crippen LogP contribution in [0.1, 0.15) is 364 Å². The quantitative estimate of drug-likeness (QED) is 0.0156. The van der Waals surface area contributed by atoms with Gasteiger partial charge in [-0.15, -0.1) is 0 Å². The maximum Gasteiger partial charge on any atom is 0.208 e. The van der Waals surface area contributed by atoms with Gasteiger partial charge in [-0.1, -0.05) is 312 Å². The minimum absolute atomic E-state index is 0.0598. The zero-order valence-corrected chi connectivity index (χ0v) is 72.0. The molecular weight excluding hydrogens is 1430 g/mol. The van der Waals surface area contributed by atoms with Crippen LogP contribution in [0.25, 0.3) is 43.1 Å². The van der Waals surface area contributed by atoms with E-state index in [1.807, 2.05) is 24.3 Å². The van der Waals surface area contributed by atoms with E-state index in [2.05, 4.69) is 87.5 Å². The highest BCUT2D eigenvalue weighted by atomic mass is 16.5. The van der Waals surface area contributed by atoms with E-state index in [0.29, 0.717) is 132 Å². The van der Waals surface area contributed by atoms with E-state index < -0.39 is 0 Å². The molecule has 1 aliphatic heterocycles. The molecule has 1 aliphatic rings. The molecule has 8 bridgehead atoms. The molecule has 18 heteroatoms. The van der Waals surface area contributed by atoms with Crippen molar-refractivity contribution in [1.29, 1.82) is 0 Å². The van der Waals surface area contributed by atoms with Gasteiger partial charge in [-0.3, -0.25) is 0 Å². The fourth-order valence-electron chi connectivity index (χ4n) is 15.6. The van der Waals surface area contributed by atoms with Crippen molar-refractivity contribution < 1.29 is 48.1 Å². The van der Waals surface area contributed by atoms with E-state index in [4.69, 9.17) is 57.9 Å². The van der Waals surface area contributed by atoms with Crippen molar-refractivity contribution in [3.05, 3.63) is 58.3 Å². The number of ether oxygens (including phenoxy) is 8. The zero-order chi connectivity index (χ0) is 80.2. The van der Waals surface area contributed by atoms with Gasteiger partial charge in [-0.2, -0.15) is 0 Å². The van der Waals surface area contributed by atoms with Crippen LogP contribution in [0.2, 0.25) is 0 Å². The molecule has 0 unspecified atom stereocenters. The summed E-state index contributed by atoms with van der Waals surface area (Å²) in [5, 5.41) is 31.5. The first-order chi connectivity index (χ1) is 56.2. The molecule has 0 radical (unpaired) electrons. The predicted molar refractivity (Wildman–Crippen MR) is 471 cm³/mol. The van der Waals surface area contributed by atoms with Gasteiger partial charge in [0.2, 0.25) is 11.5 Å². The molecule has 4 aromatic carbocycles. The van der Waals surface area contributed by atoms with Gasteiger partial charge in [-0.25, -0.2) is 20.0 Å². The summed E-state index contributed by atoms with van der Waals surface area (Å²) in [6.07, 6.45) is 53.0. The third-order valence-corrected chi connectivity index (χ3v) is 22.5. The molecule has 6 N–H and O–H groups in total. The molecule has 0 aliphatic carbocycles. The van der Waals surface area contributed by atoms with Crippen LogP contribution in [0.3, 0.4) is 0 Å². The van der Waals surface area contributed by atoms with E-state index in [0.717, 1.165) is 201 Å². The van der Waals surface area contributed by atoms with Crippen LogP contribution < -0.4 is 59.8 Å². The van der Waals surface area contributed by atoms with E-state index in [9.17, 15) is 10.2 Å². The second-order valence-corrected chi connectivity index (χ2v) is 32.3. The highest BCUT2D eigenvalue weighted by Crippen LogP contribution is 2.50. The summed E-state index contributed by atoms with van der Waals surface area (Å²) >= 11 is 0. The van der Waals surface area contributed by atoms with Gasteiger partial charge in [0.15, 0.2) is 46.0 Å². The zero-order valence-electron chi connectivity index (χ0n) is 72.0. The Morgan fingerprint density at radius 3 is 0.605 bits per heavy atom. The van der Waals surface area contributed by atoms with E-state index in [1.54, 1.807) is 0 Å².